The number of piperidine rings is 1. The fraction of sp³-hybridized carbons (Fsp3) is 0.450. The number of carbonyl (C=O) groups is 1. The number of H-pyrrole nitrogens is 1. The van der Waals surface area contributed by atoms with Crippen LogP contribution in [0.3, 0.4) is 0 Å². The van der Waals surface area contributed by atoms with E-state index in [1.165, 1.54) is 18.0 Å². The molecule has 28 heavy (non-hydrogen) atoms. The number of aromatic nitrogens is 2. The van der Waals surface area contributed by atoms with Crippen molar-refractivity contribution in [1.29, 1.82) is 0 Å². The summed E-state index contributed by atoms with van der Waals surface area (Å²) in [4.78, 5) is 32.7. The molecule has 0 unspecified atom stereocenters. The molecule has 148 valence electrons. The molecule has 1 N–H and O–H groups in total. The highest BCUT2D eigenvalue weighted by Crippen LogP contribution is 2.45. The summed E-state index contributed by atoms with van der Waals surface area (Å²) >= 11 is 0. The van der Waals surface area contributed by atoms with E-state index in [1.54, 1.807) is 19.1 Å². The van der Waals surface area contributed by atoms with Crippen molar-refractivity contribution in [2.24, 2.45) is 0 Å². The van der Waals surface area contributed by atoms with Gasteiger partial charge in [-0.05, 0) is 42.5 Å². The third kappa shape index (κ3) is 3.03. The van der Waals surface area contributed by atoms with Crippen LogP contribution in [-0.4, -0.2) is 54.7 Å². The predicted molar refractivity (Wildman–Crippen MR) is 101 cm³/mol. The summed E-state index contributed by atoms with van der Waals surface area (Å²) in [6.45, 7) is 1.60. The van der Waals surface area contributed by atoms with Crippen molar-refractivity contribution in [1.82, 2.24) is 14.9 Å². The smallest absolute Gasteiger partial charge is 0.279 e. The van der Waals surface area contributed by atoms with Crippen molar-refractivity contribution in [2.45, 2.75) is 24.9 Å². The van der Waals surface area contributed by atoms with E-state index in [0.717, 1.165) is 12.0 Å². The predicted octanol–water partition coefficient (Wildman–Crippen LogP) is 1.49. The maximum Gasteiger partial charge on any atom is 0.279 e. The molecule has 1 amide bonds. The van der Waals surface area contributed by atoms with Crippen LogP contribution in [0.4, 0.5) is 0 Å². The van der Waals surface area contributed by atoms with Crippen molar-refractivity contribution in [2.75, 3.05) is 33.9 Å². The molecule has 0 saturated carbocycles. The fourth-order valence-corrected chi connectivity index (χ4v) is 4.12. The van der Waals surface area contributed by atoms with Gasteiger partial charge in [0.2, 0.25) is 0 Å². The summed E-state index contributed by atoms with van der Waals surface area (Å²) in [7, 11) is 3.25. The summed E-state index contributed by atoms with van der Waals surface area (Å²) < 4.78 is 17.1. The molecule has 8 heteroatoms. The van der Waals surface area contributed by atoms with Gasteiger partial charge in [-0.2, -0.15) is 0 Å². The molecule has 1 saturated heterocycles. The molecule has 2 aliphatic heterocycles. The van der Waals surface area contributed by atoms with Gasteiger partial charge in [0.25, 0.3) is 11.5 Å². The van der Waals surface area contributed by atoms with Gasteiger partial charge in [0.1, 0.15) is 0 Å². The molecule has 2 aliphatic rings. The normalized spacial score (nSPS) is 17.9. The first-order chi connectivity index (χ1) is 13.6. The molecule has 1 spiro atoms. The third-order valence-corrected chi connectivity index (χ3v) is 5.62. The van der Waals surface area contributed by atoms with E-state index in [0.29, 0.717) is 44.0 Å². The van der Waals surface area contributed by atoms with Gasteiger partial charge in [0.15, 0.2) is 17.2 Å². The SMILES string of the molecule is COc1cc2c(cc1OC)C1(CCN(C(=O)c3ncc[nH]c3=O)CC1)OCC2. The maximum absolute atomic E-state index is 12.7. The molecule has 8 nitrogen and oxygen atoms in total. The first-order valence-electron chi connectivity index (χ1n) is 9.30. The zero-order chi connectivity index (χ0) is 19.7. The molecule has 0 atom stereocenters. The summed E-state index contributed by atoms with van der Waals surface area (Å²) in [5.41, 5.74) is 1.28. The molecular weight excluding hydrogens is 362 g/mol. The Labute approximate surface area is 162 Å². The standard InChI is InChI=1S/C20H23N3O5/c1-26-15-11-13-3-10-28-20(14(13)12-16(15)27-2)4-8-23(9-5-20)19(25)17-18(24)22-7-6-21-17/h6-7,11-12H,3-5,8-10H2,1-2H3,(H,22,24). The van der Waals surface area contributed by atoms with E-state index in [1.807, 2.05) is 12.1 Å². The number of hydrogen-bond acceptors (Lipinski definition) is 6. The monoisotopic (exact) mass is 385 g/mol. The summed E-state index contributed by atoms with van der Waals surface area (Å²) in [5.74, 6) is 1.03. The van der Waals surface area contributed by atoms with Crippen LogP contribution >= 0.6 is 0 Å². The van der Waals surface area contributed by atoms with Gasteiger partial charge in [0.05, 0.1) is 26.4 Å². The van der Waals surface area contributed by atoms with Crippen LogP contribution in [0.15, 0.2) is 29.3 Å². The number of methoxy groups -OCH3 is 2. The summed E-state index contributed by atoms with van der Waals surface area (Å²) in [5, 5.41) is 0. The van der Waals surface area contributed by atoms with Crippen LogP contribution in [-0.2, 0) is 16.8 Å². The Morgan fingerprint density at radius 2 is 1.93 bits per heavy atom. The molecule has 0 bridgehead atoms. The fourth-order valence-electron chi connectivity index (χ4n) is 4.12. The number of amides is 1. The van der Waals surface area contributed by atoms with E-state index < -0.39 is 11.2 Å². The van der Waals surface area contributed by atoms with Crippen molar-refractivity contribution in [3.8, 4) is 11.5 Å². The Bertz CT molecular complexity index is 947. The Balaban J connectivity index is 1.59. The van der Waals surface area contributed by atoms with E-state index >= 15 is 0 Å². The number of nitrogens with zero attached hydrogens (tertiary/aromatic N) is 2. The second-order valence-corrected chi connectivity index (χ2v) is 7.02. The highest BCUT2D eigenvalue weighted by atomic mass is 16.5. The number of hydrogen-bond donors (Lipinski definition) is 1. The van der Waals surface area contributed by atoms with Gasteiger partial charge < -0.3 is 24.1 Å². The lowest BCUT2D eigenvalue weighted by Gasteiger charge is -2.45. The van der Waals surface area contributed by atoms with Crippen molar-refractivity contribution in [3.05, 3.63) is 51.7 Å². The van der Waals surface area contributed by atoms with E-state index in [-0.39, 0.29) is 11.6 Å². The van der Waals surface area contributed by atoms with E-state index in [4.69, 9.17) is 14.2 Å². The van der Waals surface area contributed by atoms with Gasteiger partial charge >= 0.3 is 0 Å². The molecule has 2 aromatic rings. The molecule has 1 fully saturated rings. The number of likely N-dealkylation sites (tertiary alicyclic amines) is 1. The lowest BCUT2D eigenvalue weighted by molar-refractivity contribution is -0.0937. The highest BCUT2D eigenvalue weighted by Gasteiger charge is 2.42. The quantitative estimate of drug-likeness (QED) is 0.860. The van der Waals surface area contributed by atoms with Gasteiger partial charge in [-0.15, -0.1) is 0 Å². The van der Waals surface area contributed by atoms with Crippen molar-refractivity contribution >= 4 is 5.91 Å². The second kappa shape index (κ2) is 7.27. The van der Waals surface area contributed by atoms with Crippen LogP contribution in [0, 0.1) is 0 Å². The zero-order valence-corrected chi connectivity index (χ0v) is 16.0. The van der Waals surface area contributed by atoms with Crippen molar-refractivity contribution in [3.63, 3.8) is 0 Å². The van der Waals surface area contributed by atoms with Gasteiger partial charge in [-0.25, -0.2) is 4.98 Å². The largest absolute Gasteiger partial charge is 0.493 e. The molecule has 0 radical (unpaired) electrons. The highest BCUT2D eigenvalue weighted by molar-refractivity contribution is 5.92. The summed E-state index contributed by atoms with van der Waals surface area (Å²) in [6, 6.07) is 4.01. The number of fused-ring (bicyclic) bond motifs is 2. The number of carbonyl (C=O) groups excluding carboxylic acids is 1. The van der Waals surface area contributed by atoms with Crippen LogP contribution in [0.25, 0.3) is 0 Å². The van der Waals surface area contributed by atoms with E-state index in [2.05, 4.69) is 9.97 Å². The molecular formula is C20H23N3O5. The Kier molecular flexibility index (Phi) is 4.80. The second-order valence-electron chi connectivity index (χ2n) is 7.02. The number of aromatic amines is 1. The Morgan fingerprint density at radius 1 is 1.21 bits per heavy atom. The maximum atomic E-state index is 12.7. The lowest BCUT2D eigenvalue weighted by atomic mass is 9.79. The third-order valence-electron chi connectivity index (χ3n) is 5.62. The van der Waals surface area contributed by atoms with Crippen LogP contribution in [0.1, 0.15) is 34.5 Å². The number of rotatable bonds is 3. The first-order valence-corrected chi connectivity index (χ1v) is 9.30. The number of benzene rings is 1. The van der Waals surface area contributed by atoms with E-state index in [9.17, 15) is 9.59 Å². The van der Waals surface area contributed by atoms with Gasteiger partial charge in [-0.3, -0.25) is 9.59 Å². The molecule has 0 aliphatic carbocycles. The summed E-state index contributed by atoms with van der Waals surface area (Å²) in [6.07, 6.45) is 4.93. The number of ether oxygens (including phenoxy) is 3. The van der Waals surface area contributed by atoms with Crippen molar-refractivity contribution < 1.29 is 19.0 Å². The molecule has 3 heterocycles. The average Bonchev–Trinajstić information content (AvgIpc) is 2.73. The minimum atomic E-state index is -0.469. The topological polar surface area (TPSA) is 93.8 Å². The number of nitrogens with one attached hydrogen (secondary N) is 1. The first kappa shape index (κ1) is 18.5. The molecule has 1 aromatic heterocycles. The average molecular weight is 385 g/mol. The minimum Gasteiger partial charge on any atom is -0.493 e. The molecule has 4 rings (SSSR count). The van der Waals surface area contributed by atoms with Gasteiger partial charge in [-0.1, -0.05) is 0 Å². The Morgan fingerprint density at radius 3 is 2.61 bits per heavy atom. The minimum absolute atomic E-state index is 0.0742. The van der Waals surface area contributed by atoms with Gasteiger partial charge in [0, 0.05) is 25.5 Å². The van der Waals surface area contributed by atoms with Crippen LogP contribution in [0.5, 0.6) is 11.5 Å². The Hall–Kier alpha value is -2.87. The lowest BCUT2D eigenvalue weighted by Crippen LogP contribution is -2.49. The zero-order valence-electron chi connectivity index (χ0n) is 16.0. The molecule has 1 aromatic carbocycles. The van der Waals surface area contributed by atoms with Crippen LogP contribution in [0.2, 0.25) is 0 Å². The van der Waals surface area contributed by atoms with Crippen LogP contribution < -0.4 is 15.0 Å².